The van der Waals surface area contributed by atoms with Crippen LogP contribution in [0.5, 0.6) is 5.75 Å². The summed E-state index contributed by atoms with van der Waals surface area (Å²) in [5, 5.41) is 0.456. The van der Waals surface area contributed by atoms with Gasteiger partial charge in [-0.15, -0.1) is 0 Å². The Morgan fingerprint density at radius 2 is 1.80 bits per heavy atom. The summed E-state index contributed by atoms with van der Waals surface area (Å²) in [4.78, 5) is 9.28. The van der Waals surface area contributed by atoms with Crippen LogP contribution < -0.4 is 15.8 Å². The minimum atomic E-state index is -2.70. The van der Waals surface area contributed by atoms with Gasteiger partial charge in [-0.3, -0.25) is 4.57 Å². The minimum absolute atomic E-state index is 0.281. The zero-order chi connectivity index (χ0) is 14.4. The Hall–Kier alpha value is -1.61. The number of benzene rings is 2. The predicted molar refractivity (Wildman–Crippen MR) is 80.8 cm³/mol. The highest BCUT2D eigenvalue weighted by Gasteiger charge is 2.06. The molecule has 0 aliphatic heterocycles. The van der Waals surface area contributed by atoms with E-state index in [9.17, 15) is 9.46 Å². The van der Waals surface area contributed by atoms with Crippen molar-refractivity contribution in [3.8, 4) is 5.75 Å². The molecule has 0 saturated heterocycles. The second-order valence-corrected chi connectivity index (χ2v) is 5.58. The van der Waals surface area contributed by atoms with E-state index in [1.165, 1.54) is 5.56 Å². The van der Waals surface area contributed by atoms with Crippen molar-refractivity contribution < 1.29 is 14.2 Å². The lowest BCUT2D eigenvalue weighted by atomic mass is 10.1. The predicted octanol–water partition coefficient (Wildman–Crippen LogP) is 1.86. The highest BCUT2D eigenvalue weighted by atomic mass is 31.1. The van der Waals surface area contributed by atoms with E-state index in [1.54, 1.807) is 18.2 Å². The van der Waals surface area contributed by atoms with Crippen LogP contribution in [0.3, 0.4) is 0 Å². The van der Waals surface area contributed by atoms with Crippen LogP contribution in [0, 0.1) is 0 Å². The van der Waals surface area contributed by atoms with E-state index in [0.717, 1.165) is 17.7 Å². The average molecular weight is 291 g/mol. The van der Waals surface area contributed by atoms with E-state index >= 15 is 0 Å². The first-order valence-electron chi connectivity index (χ1n) is 6.43. The van der Waals surface area contributed by atoms with Crippen LogP contribution >= 0.6 is 8.03 Å². The third kappa shape index (κ3) is 3.94. The molecular formula is C15H18NO3P. The van der Waals surface area contributed by atoms with Gasteiger partial charge < -0.3 is 15.4 Å². The van der Waals surface area contributed by atoms with Gasteiger partial charge in [-0.2, -0.15) is 0 Å². The van der Waals surface area contributed by atoms with Gasteiger partial charge in [0.25, 0.3) is 0 Å². The standard InChI is InChI=1S/C15H18NO3P/c16-10-9-12-5-7-14(8-6-12)19-11-13-3-1-2-4-15(13)20(17)18/h1-8,20H,9-11,16H2,(H,17,18). The van der Waals surface area contributed by atoms with Crippen LogP contribution in [0.2, 0.25) is 0 Å². The molecule has 0 radical (unpaired) electrons. The normalized spacial score (nSPS) is 12.1. The largest absolute Gasteiger partial charge is 0.489 e. The summed E-state index contributed by atoms with van der Waals surface area (Å²) in [6, 6.07) is 14.8. The van der Waals surface area contributed by atoms with Gasteiger partial charge in [0.1, 0.15) is 12.4 Å². The van der Waals surface area contributed by atoms with E-state index in [0.29, 0.717) is 11.8 Å². The second kappa shape index (κ2) is 7.25. The van der Waals surface area contributed by atoms with Gasteiger partial charge in [-0.1, -0.05) is 30.3 Å². The SMILES string of the molecule is NCCc1ccc(OCc2ccccc2[PH](=O)O)cc1. The molecule has 2 aromatic rings. The van der Waals surface area contributed by atoms with Gasteiger partial charge in [0.2, 0.25) is 8.03 Å². The lowest BCUT2D eigenvalue weighted by Crippen LogP contribution is -2.08. The van der Waals surface area contributed by atoms with Crippen molar-refractivity contribution in [2.24, 2.45) is 5.73 Å². The van der Waals surface area contributed by atoms with Crippen LogP contribution in [0.4, 0.5) is 0 Å². The number of hydrogen-bond donors (Lipinski definition) is 2. The number of ether oxygens (including phenoxy) is 1. The summed E-state index contributed by atoms with van der Waals surface area (Å²) in [5.41, 5.74) is 7.40. The lowest BCUT2D eigenvalue weighted by molar-refractivity contribution is 0.307. The quantitative estimate of drug-likeness (QED) is 0.797. The molecule has 0 spiro atoms. The Labute approximate surface area is 119 Å². The van der Waals surface area contributed by atoms with Gasteiger partial charge in [-0.05, 0) is 36.7 Å². The van der Waals surface area contributed by atoms with Crippen molar-refractivity contribution in [3.63, 3.8) is 0 Å². The molecule has 0 aliphatic carbocycles. The molecule has 3 N–H and O–H groups in total. The van der Waals surface area contributed by atoms with Gasteiger partial charge in [0.15, 0.2) is 0 Å². The van der Waals surface area contributed by atoms with Gasteiger partial charge in [-0.25, -0.2) is 0 Å². The van der Waals surface area contributed by atoms with Gasteiger partial charge >= 0.3 is 0 Å². The van der Waals surface area contributed by atoms with Crippen LogP contribution in [-0.4, -0.2) is 11.4 Å². The van der Waals surface area contributed by atoms with Crippen LogP contribution in [-0.2, 0) is 17.6 Å². The first kappa shape index (κ1) is 14.8. The molecule has 4 nitrogen and oxygen atoms in total. The summed E-state index contributed by atoms with van der Waals surface area (Å²) < 4.78 is 16.9. The number of rotatable bonds is 6. The molecule has 0 bridgehead atoms. The zero-order valence-electron chi connectivity index (χ0n) is 11.1. The molecule has 0 fully saturated rings. The summed E-state index contributed by atoms with van der Waals surface area (Å²) in [5.74, 6) is 0.734. The van der Waals surface area contributed by atoms with Crippen molar-refractivity contribution in [1.82, 2.24) is 0 Å². The molecule has 0 aliphatic rings. The maximum Gasteiger partial charge on any atom is 0.218 e. The first-order valence-corrected chi connectivity index (χ1v) is 7.79. The Bertz CT molecular complexity index is 584. The van der Waals surface area contributed by atoms with E-state index in [-0.39, 0.29) is 6.61 Å². The Morgan fingerprint density at radius 3 is 2.45 bits per heavy atom. The third-order valence-electron chi connectivity index (χ3n) is 3.00. The van der Waals surface area contributed by atoms with Crippen molar-refractivity contribution in [1.29, 1.82) is 0 Å². The van der Waals surface area contributed by atoms with E-state index in [1.807, 2.05) is 30.3 Å². The summed E-state index contributed by atoms with van der Waals surface area (Å²) >= 11 is 0. The minimum Gasteiger partial charge on any atom is -0.489 e. The summed E-state index contributed by atoms with van der Waals surface area (Å²) in [6.07, 6.45) is 0.843. The fourth-order valence-corrected chi connectivity index (χ4v) is 2.60. The van der Waals surface area contributed by atoms with Crippen molar-refractivity contribution >= 4 is 13.3 Å². The Morgan fingerprint density at radius 1 is 1.10 bits per heavy atom. The monoisotopic (exact) mass is 291 g/mol. The smallest absolute Gasteiger partial charge is 0.218 e. The van der Waals surface area contributed by atoms with Crippen molar-refractivity contribution in [3.05, 3.63) is 59.7 Å². The number of hydrogen-bond acceptors (Lipinski definition) is 3. The van der Waals surface area contributed by atoms with Gasteiger partial charge in [0, 0.05) is 10.9 Å². The topological polar surface area (TPSA) is 72.5 Å². The lowest BCUT2D eigenvalue weighted by Gasteiger charge is -2.09. The molecular weight excluding hydrogens is 273 g/mol. The molecule has 1 unspecified atom stereocenters. The summed E-state index contributed by atoms with van der Waals surface area (Å²) in [7, 11) is -2.70. The van der Waals surface area contributed by atoms with Crippen LogP contribution in [0.1, 0.15) is 11.1 Å². The second-order valence-electron chi connectivity index (χ2n) is 4.43. The molecule has 2 rings (SSSR count). The summed E-state index contributed by atoms with van der Waals surface area (Å²) in [6.45, 7) is 0.905. The maximum absolute atomic E-state index is 11.3. The van der Waals surface area contributed by atoms with E-state index in [4.69, 9.17) is 10.5 Å². The average Bonchev–Trinajstić information content (AvgIpc) is 2.47. The van der Waals surface area contributed by atoms with Crippen LogP contribution in [0.25, 0.3) is 0 Å². The molecule has 0 aromatic heterocycles. The third-order valence-corrected chi connectivity index (χ3v) is 3.95. The molecule has 2 aromatic carbocycles. The maximum atomic E-state index is 11.3. The highest BCUT2D eigenvalue weighted by molar-refractivity contribution is 7.47. The van der Waals surface area contributed by atoms with Crippen LogP contribution in [0.15, 0.2) is 48.5 Å². The Balaban J connectivity index is 2.03. The molecule has 0 amide bonds. The van der Waals surface area contributed by atoms with E-state index < -0.39 is 8.03 Å². The Kier molecular flexibility index (Phi) is 5.36. The van der Waals surface area contributed by atoms with Gasteiger partial charge in [0.05, 0.1) is 0 Å². The highest BCUT2D eigenvalue weighted by Crippen LogP contribution is 2.18. The molecule has 1 atom stereocenters. The fraction of sp³-hybridized carbons (Fsp3) is 0.200. The molecule has 5 heteroatoms. The van der Waals surface area contributed by atoms with Crippen molar-refractivity contribution in [2.45, 2.75) is 13.0 Å². The molecule has 106 valence electrons. The number of nitrogens with two attached hydrogens (primary N) is 1. The molecule has 20 heavy (non-hydrogen) atoms. The fourth-order valence-electron chi connectivity index (χ4n) is 1.93. The first-order chi connectivity index (χ1) is 9.70. The molecule has 0 heterocycles. The van der Waals surface area contributed by atoms with Crippen molar-refractivity contribution in [2.75, 3.05) is 6.54 Å². The molecule has 0 saturated carbocycles. The van der Waals surface area contributed by atoms with E-state index in [2.05, 4.69) is 0 Å². The zero-order valence-corrected chi connectivity index (χ0v) is 12.1.